The van der Waals surface area contributed by atoms with Crippen molar-refractivity contribution in [1.29, 1.82) is 0 Å². The number of rotatable bonds is 6. The van der Waals surface area contributed by atoms with Gasteiger partial charge in [-0.15, -0.1) is 0 Å². The van der Waals surface area contributed by atoms with Gasteiger partial charge in [0.2, 0.25) is 0 Å². The predicted octanol–water partition coefficient (Wildman–Crippen LogP) is 6.49. The van der Waals surface area contributed by atoms with Gasteiger partial charge in [0.05, 0.1) is 0 Å². The van der Waals surface area contributed by atoms with Crippen molar-refractivity contribution in [3.05, 3.63) is 69.8 Å². The Morgan fingerprint density at radius 1 is 0.586 bits per heavy atom. The second-order valence-electron chi connectivity index (χ2n) is 9.92. The van der Waals surface area contributed by atoms with Crippen LogP contribution in [0.1, 0.15) is 33.4 Å². The molecule has 2 rings (SSSR count). The van der Waals surface area contributed by atoms with Gasteiger partial charge in [0.1, 0.15) is 0 Å². The van der Waals surface area contributed by atoms with Crippen molar-refractivity contribution in [2.24, 2.45) is 9.32 Å². The first-order valence-corrected chi connectivity index (χ1v) is 19.4. The number of hydrogen-bond donors (Lipinski definition) is 0. The van der Waals surface area contributed by atoms with Crippen molar-refractivity contribution in [3.63, 3.8) is 0 Å². The van der Waals surface area contributed by atoms with E-state index in [0.717, 1.165) is 0 Å². The predicted molar refractivity (Wildman–Crippen MR) is 137 cm³/mol. The van der Waals surface area contributed by atoms with Gasteiger partial charge >= 0.3 is 187 Å². The van der Waals surface area contributed by atoms with E-state index < -0.39 is 31.9 Å². The maximum absolute atomic E-state index is 5.40. The molecule has 0 aromatic heterocycles. The molecule has 0 unspecified atom stereocenters. The van der Waals surface area contributed by atoms with E-state index in [1.54, 1.807) is 0 Å². The van der Waals surface area contributed by atoms with Crippen LogP contribution in [0.15, 0.2) is 45.7 Å². The van der Waals surface area contributed by atoms with Gasteiger partial charge in [-0.3, -0.25) is 0 Å². The van der Waals surface area contributed by atoms with Crippen molar-refractivity contribution < 1.29 is 0 Å². The van der Waals surface area contributed by atoms with Gasteiger partial charge in [0, 0.05) is 0 Å². The molecule has 0 bridgehead atoms. The third-order valence-electron chi connectivity index (χ3n) is 4.57. The number of nitrogens with zero attached hydrogens (tertiary/aromatic N) is 2. The van der Waals surface area contributed by atoms with E-state index in [4.69, 9.17) is 9.32 Å². The molecule has 0 saturated heterocycles. The van der Waals surface area contributed by atoms with Gasteiger partial charge in [-0.25, -0.2) is 0 Å². The van der Waals surface area contributed by atoms with E-state index >= 15 is 0 Å². The third kappa shape index (κ3) is 6.90. The van der Waals surface area contributed by atoms with E-state index in [1.165, 1.54) is 42.5 Å². The van der Waals surface area contributed by atoms with E-state index in [1.807, 2.05) is 0 Å². The first kappa shape index (κ1) is 24.0. The summed E-state index contributed by atoms with van der Waals surface area (Å²) in [6, 6.07) is 13.2. The van der Waals surface area contributed by atoms with Gasteiger partial charge in [-0.1, -0.05) is 0 Å². The second kappa shape index (κ2) is 9.27. The number of benzene rings is 2. The molecule has 0 atom stereocenters. The Morgan fingerprint density at radius 3 is 1.10 bits per heavy atom. The molecule has 0 aliphatic rings. The van der Waals surface area contributed by atoms with Crippen LogP contribution in [0.3, 0.4) is 0 Å². The van der Waals surface area contributed by atoms with E-state index in [-0.39, 0.29) is 0 Å². The second-order valence-corrected chi connectivity index (χ2v) is 21.6. The van der Waals surface area contributed by atoms with E-state index in [2.05, 4.69) is 103 Å². The zero-order valence-electron chi connectivity index (χ0n) is 19.9. The summed E-state index contributed by atoms with van der Waals surface area (Å²) in [5.74, 6) is 0. The summed E-state index contributed by atoms with van der Waals surface area (Å²) in [6.07, 6.45) is 0. The molecule has 2 nitrogen and oxygen atoms in total. The number of hydrogen-bond acceptors (Lipinski definition) is 2. The fraction of sp³-hybridized carbons (Fsp3) is 0.417. The van der Waals surface area contributed by atoms with Crippen LogP contribution in [0.2, 0.25) is 39.3 Å². The Labute approximate surface area is 186 Å². The summed E-state index contributed by atoms with van der Waals surface area (Å²) in [5, 5.41) is 0. The molecule has 0 aliphatic carbocycles. The molecule has 2 aromatic rings. The minimum absolute atomic E-state index is 0.670. The quantitative estimate of drug-likeness (QED) is 0.333. The van der Waals surface area contributed by atoms with Gasteiger partial charge in [0.25, 0.3) is 0 Å². The fourth-order valence-electron chi connectivity index (χ4n) is 3.45. The molecular formula is C24H36GeN2Si2. The Morgan fingerprint density at radius 2 is 0.862 bits per heavy atom. The molecule has 5 heteroatoms. The molecule has 0 fully saturated rings. The van der Waals surface area contributed by atoms with Crippen LogP contribution in [-0.2, 0) is 0 Å². The monoisotopic (exact) mass is 482 g/mol. The summed E-state index contributed by atoms with van der Waals surface area (Å²) < 4.78 is 13.5. The topological polar surface area (TPSA) is 24.7 Å². The summed E-state index contributed by atoms with van der Waals surface area (Å²) in [7, 11) is -3.25. The van der Waals surface area contributed by atoms with E-state index in [9.17, 15) is 0 Å². The summed E-state index contributed by atoms with van der Waals surface area (Å²) >= 11 is -0.670. The van der Waals surface area contributed by atoms with Crippen LogP contribution < -0.4 is 0 Å². The third-order valence-corrected chi connectivity index (χ3v) is 9.81. The zero-order chi connectivity index (χ0) is 22.0. The SMILES string of the molecule is Cc1cccc(C)c1/[C](=N\[Si](C)(C)C)[Ge]/[C](=N/[Si](C)(C)C)c1c(C)cccc1C. The van der Waals surface area contributed by atoms with Crippen LogP contribution >= 0.6 is 0 Å². The summed E-state index contributed by atoms with van der Waals surface area (Å²) in [6.45, 7) is 22.9. The Balaban J connectivity index is 2.73. The van der Waals surface area contributed by atoms with Crippen molar-refractivity contribution in [2.75, 3.05) is 0 Å². The Bertz CT molecular complexity index is 830. The maximum atomic E-state index is 5.40. The molecule has 0 saturated carbocycles. The summed E-state index contributed by atoms with van der Waals surface area (Å²) in [4.78, 5) is 0. The fourth-order valence-corrected chi connectivity index (χ4v) is 12.7. The molecule has 0 spiro atoms. The molecule has 29 heavy (non-hydrogen) atoms. The van der Waals surface area contributed by atoms with Crippen molar-refractivity contribution >= 4 is 41.0 Å². The van der Waals surface area contributed by atoms with Crippen LogP contribution in [0.4, 0.5) is 0 Å². The molecule has 0 heterocycles. The van der Waals surface area contributed by atoms with Gasteiger partial charge in [-0.2, -0.15) is 0 Å². The van der Waals surface area contributed by atoms with Crippen LogP contribution in [-0.4, -0.2) is 41.0 Å². The normalized spacial score (nSPS) is 13.7. The molecular weight excluding hydrogens is 445 g/mol. The van der Waals surface area contributed by atoms with Gasteiger partial charge in [-0.05, 0) is 0 Å². The first-order chi connectivity index (χ1) is 13.3. The summed E-state index contributed by atoms with van der Waals surface area (Å²) in [5.41, 5.74) is 8.06. The standard InChI is InChI=1S/C24H36GeN2Si2/c1-17-13-11-14-18(2)21(17)23(26-28(5,6)7)25-24(27-29(8,9)10)22-19(3)15-12-16-20(22)4/h11-16H,1-10H3/b26-23+,27-24+. The Kier molecular flexibility index (Phi) is 7.68. The van der Waals surface area contributed by atoms with Crippen LogP contribution in [0, 0.1) is 27.7 Å². The van der Waals surface area contributed by atoms with Crippen molar-refractivity contribution in [1.82, 2.24) is 0 Å². The van der Waals surface area contributed by atoms with Gasteiger partial charge < -0.3 is 0 Å². The molecule has 2 aromatic carbocycles. The molecule has 154 valence electrons. The van der Waals surface area contributed by atoms with Gasteiger partial charge in [0.15, 0.2) is 0 Å². The van der Waals surface area contributed by atoms with E-state index in [0.29, 0.717) is 0 Å². The molecule has 2 radical (unpaired) electrons. The molecule has 0 amide bonds. The minimum atomic E-state index is -1.63. The van der Waals surface area contributed by atoms with Crippen molar-refractivity contribution in [3.8, 4) is 0 Å². The van der Waals surface area contributed by atoms with Crippen molar-refractivity contribution in [2.45, 2.75) is 67.0 Å². The zero-order valence-corrected chi connectivity index (χ0v) is 24.0. The average Bonchev–Trinajstić information content (AvgIpc) is 2.51. The Hall–Kier alpha value is -1.24. The number of aryl methyl sites for hydroxylation is 4. The molecule has 0 aliphatic heterocycles. The molecule has 0 N–H and O–H groups in total. The average molecular weight is 481 g/mol. The van der Waals surface area contributed by atoms with Crippen LogP contribution in [0.25, 0.3) is 0 Å². The van der Waals surface area contributed by atoms with Crippen LogP contribution in [0.5, 0.6) is 0 Å². The first-order valence-electron chi connectivity index (χ1n) is 10.4.